The van der Waals surface area contributed by atoms with Crippen LogP contribution >= 0.6 is 0 Å². The molecular weight excluding hydrogens is 319 g/mol. The maximum atomic E-state index is 13.1. The third-order valence-electron chi connectivity index (χ3n) is 4.42. The lowest BCUT2D eigenvalue weighted by Gasteiger charge is -2.28. The second-order valence-corrected chi connectivity index (χ2v) is 6.22. The van der Waals surface area contributed by atoms with Gasteiger partial charge in [0.25, 0.3) is 5.91 Å². The molecule has 1 heterocycles. The fraction of sp³-hybridized carbons (Fsp3) is 0.350. The summed E-state index contributed by atoms with van der Waals surface area (Å²) in [5.41, 5.74) is 1.20. The maximum Gasteiger partial charge on any atom is 0.258 e. The highest BCUT2D eigenvalue weighted by molar-refractivity contribution is 5.77. The molecule has 0 aromatic heterocycles. The van der Waals surface area contributed by atoms with E-state index in [1.54, 1.807) is 12.1 Å². The molecule has 1 amide bonds. The number of halogens is 1. The van der Waals surface area contributed by atoms with Crippen LogP contribution in [-0.2, 0) is 4.79 Å². The normalized spacial score (nSPS) is 15.7. The van der Waals surface area contributed by atoms with Gasteiger partial charge in [0, 0.05) is 12.6 Å². The summed E-state index contributed by atoms with van der Waals surface area (Å²) < 4.78 is 18.5. The van der Waals surface area contributed by atoms with Crippen molar-refractivity contribution in [2.45, 2.75) is 18.9 Å². The fourth-order valence-electron chi connectivity index (χ4n) is 3.15. The molecule has 132 valence electrons. The van der Waals surface area contributed by atoms with Crippen molar-refractivity contribution in [1.82, 2.24) is 10.2 Å². The van der Waals surface area contributed by atoms with Crippen LogP contribution in [0.4, 0.5) is 4.39 Å². The van der Waals surface area contributed by atoms with Gasteiger partial charge in [-0.3, -0.25) is 9.69 Å². The third-order valence-corrected chi connectivity index (χ3v) is 4.42. The van der Waals surface area contributed by atoms with E-state index in [1.807, 2.05) is 18.2 Å². The Morgan fingerprint density at radius 2 is 1.88 bits per heavy atom. The number of benzene rings is 2. The number of nitrogens with one attached hydrogen (secondary N) is 1. The Hall–Kier alpha value is -2.40. The number of hydrogen-bond acceptors (Lipinski definition) is 3. The first kappa shape index (κ1) is 17.4. The van der Waals surface area contributed by atoms with Gasteiger partial charge >= 0.3 is 0 Å². The Bertz CT molecular complexity index is 687. The van der Waals surface area contributed by atoms with Gasteiger partial charge in [0.05, 0.1) is 6.04 Å². The van der Waals surface area contributed by atoms with E-state index in [2.05, 4.69) is 22.3 Å². The zero-order valence-electron chi connectivity index (χ0n) is 14.2. The van der Waals surface area contributed by atoms with Gasteiger partial charge in [0.15, 0.2) is 6.61 Å². The lowest BCUT2D eigenvalue weighted by Crippen LogP contribution is -2.38. The molecule has 25 heavy (non-hydrogen) atoms. The zero-order valence-corrected chi connectivity index (χ0v) is 14.2. The summed E-state index contributed by atoms with van der Waals surface area (Å²) >= 11 is 0. The molecule has 0 radical (unpaired) electrons. The third kappa shape index (κ3) is 5.03. The Morgan fingerprint density at radius 1 is 1.12 bits per heavy atom. The molecular formula is C20H23FN2O2. The van der Waals surface area contributed by atoms with Crippen molar-refractivity contribution in [3.05, 3.63) is 66.0 Å². The molecule has 0 unspecified atom stereocenters. The van der Waals surface area contributed by atoms with Gasteiger partial charge in [0.2, 0.25) is 0 Å². The minimum atomic E-state index is -0.379. The average Bonchev–Trinajstić information content (AvgIpc) is 3.15. The van der Waals surface area contributed by atoms with Crippen LogP contribution in [0.3, 0.4) is 0 Å². The second kappa shape index (κ2) is 8.62. The molecule has 3 rings (SSSR count). The number of hydrogen-bond donors (Lipinski definition) is 1. The summed E-state index contributed by atoms with van der Waals surface area (Å²) in [6.45, 7) is 2.52. The Balaban J connectivity index is 1.54. The molecule has 1 atom stereocenters. The van der Waals surface area contributed by atoms with Gasteiger partial charge in [-0.05, 0) is 43.6 Å². The summed E-state index contributed by atoms with van der Waals surface area (Å²) in [6.07, 6.45) is 2.39. The van der Waals surface area contributed by atoms with Crippen LogP contribution in [-0.4, -0.2) is 37.0 Å². The van der Waals surface area contributed by atoms with Gasteiger partial charge < -0.3 is 10.1 Å². The van der Waals surface area contributed by atoms with Crippen LogP contribution in [0.15, 0.2) is 54.6 Å². The van der Waals surface area contributed by atoms with E-state index < -0.39 is 0 Å². The molecule has 1 saturated heterocycles. The Kier molecular flexibility index (Phi) is 6.01. The summed E-state index contributed by atoms with van der Waals surface area (Å²) in [5, 5.41) is 2.94. The van der Waals surface area contributed by atoms with E-state index in [9.17, 15) is 9.18 Å². The van der Waals surface area contributed by atoms with Crippen LogP contribution in [0.5, 0.6) is 5.75 Å². The minimum absolute atomic E-state index is 0.120. The average molecular weight is 342 g/mol. The van der Waals surface area contributed by atoms with Gasteiger partial charge in [-0.1, -0.05) is 36.4 Å². The SMILES string of the molecule is O=C(COc1cccc(F)c1)NC[C@H](c1ccccc1)N1CCCC1. The Morgan fingerprint density at radius 3 is 2.60 bits per heavy atom. The first-order chi connectivity index (χ1) is 12.2. The topological polar surface area (TPSA) is 41.6 Å². The number of likely N-dealkylation sites (tertiary alicyclic amines) is 1. The molecule has 0 aliphatic carbocycles. The smallest absolute Gasteiger partial charge is 0.258 e. The van der Waals surface area contributed by atoms with E-state index in [4.69, 9.17) is 4.74 Å². The highest BCUT2D eigenvalue weighted by Crippen LogP contribution is 2.24. The second-order valence-electron chi connectivity index (χ2n) is 6.22. The van der Waals surface area contributed by atoms with Crippen LogP contribution in [0.25, 0.3) is 0 Å². The molecule has 1 aliphatic heterocycles. The van der Waals surface area contributed by atoms with E-state index in [-0.39, 0.29) is 24.4 Å². The van der Waals surface area contributed by atoms with E-state index in [0.29, 0.717) is 12.3 Å². The first-order valence-corrected chi connectivity index (χ1v) is 8.66. The largest absolute Gasteiger partial charge is 0.484 e. The standard InChI is InChI=1S/C20H23FN2O2/c21-17-9-6-10-18(13-17)25-15-20(24)22-14-19(23-11-4-5-12-23)16-7-2-1-3-8-16/h1-3,6-10,13,19H,4-5,11-12,14-15H2,(H,22,24)/t19-/m1/s1. The minimum Gasteiger partial charge on any atom is -0.484 e. The summed E-state index contributed by atoms with van der Waals surface area (Å²) in [5.74, 6) is -0.227. The molecule has 5 heteroatoms. The van der Waals surface area contributed by atoms with Gasteiger partial charge in [-0.15, -0.1) is 0 Å². The number of carbonyl (C=O) groups is 1. The molecule has 1 N–H and O–H groups in total. The van der Waals surface area contributed by atoms with Crippen molar-refractivity contribution in [3.63, 3.8) is 0 Å². The molecule has 2 aromatic rings. The summed E-state index contributed by atoms with van der Waals surface area (Å²) in [4.78, 5) is 14.5. The number of carbonyl (C=O) groups excluding carboxylic acids is 1. The van der Waals surface area contributed by atoms with Crippen molar-refractivity contribution in [2.24, 2.45) is 0 Å². The number of nitrogens with zero attached hydrogens (tertiary/aromatic N) is 1. The van der Waals surface area contributed by atoms with Crippen LogP contribution in [0.2, 0.25) is 0 Å². The molecule has 1 aliphatic rings. The molecule has 0 spiro atoms. The van der Waals surface area contributed by atoms with Gasteiger partial charge in [-0.2, -0.15) is 0 Å². The number of rotatable bonds is 7. The van der Waals surface area contributed by atoms with Crippen molar-refractivity contribution in [3.8, 4) is 5.75 Å². The molecule has 4 nitrogen and oxygen atoms in total. The predicted molar refractivity (Wildman–Crippen MR) is 94.9 cm³/mol. The summed E-state index contributed by atoms with van der Waals surface area (Å²) in [7, 11) is 0. The van der Waals surface area contributed by atoms with Crippen molar-refractivity contribution >= 4 is 5.91 Å². The fourth-order valence-corrected chi connectivity index (χ4v) is 3.15. The predicted octanol–water partition coefficient (Wildman–Crippen LogP) is 3.16. The van der Waals surface area contributed by atoms with Crippen LogP contribution in [0, 0.1) is 5.82 Å². The molecule has 0 bridgehead atoms. The quantitative estimate of drug-likeness (QED) is 0.840. The van der Waals surface area contributed by atoms with Crippen LogP contribution in [0.1, 0.15) is 24.4 Å². The summed E-state index contributed by atoms with van der Waals surface area (Å²) in [6, 6.07) is 16.2. The van der Waals surface area contributed by atoms with Crippen molar-refractivity contribution < 1.29 is 13.9 Å². The van der Waals surface area contributed by atoms with E-state index >= 15 is 0 Å². The molecule has 2 aromatic carbocycles. The van der Waals surface area contributed by atoms with Gasteiger partial charge in [-0.25, -0.2) is 4.39 Å². The lowest BCUT2D eigenvalue weighted by atomic mass is 10.1. The highest BCUT2D eigenvalue weighted by atomic mass is 19.1. The molecule has 1 fully saturated rings. The van der Waals surface area contributed by atoms with Crippen LogP contribution < -0.4 is 10.1 Å². The Labute approximate surface area is 147 Å². The van der Waals surface area contributed by atoms with E-state index in [1.165, 1.54) is 30.5 Å². The van der Waals surface area contributed by atoms with E-state index in [0.717, 1.165) is 13.1 Å². The highest BCUT2D eigenvalue weighted by Gasteiger charge is 2.23. The number of amides is 1. The lowest BCUT2D eigenvalue weighted by molar-refractivity contribution is -0.123. The zero-order chi connectivity index (χ0) is 17.5. The first-order valence-electron chi connectivity index (χ1n) is 8.66. The monoisotopic (exact) mass is 342 g/mol. The van der Waals surface area contributed by atoms with Gasteiger partial charge in [0.1, 0.15) is 11.6 Å². The maximum absolute atomic E-state index is 13.1. The number of ether oxygens (including phenoxy) is 1. The molecule has 0 saturated carbocycles. The van der Waals surface area contributed by atoms with Crippen molar-refractivity contribution in [2.75, 3.05) is 26.2 Å². The van der Waals surface area contributed by atoms with Crippen molar-refractivity contribution in [1.29, 1.82) is 0 Å².